The Balaban J connectivity index is 1.77. The van der Waals surface area contributed by atoms with Gasteiger partial charge in [-0.05, 0) is 44.0 Å². The maximum Gasteiger partial charge on any atom is 0.151 e. The van der Waals surface area contributed by atoms with Gasteiger partial charge in [-0.2, -0.15) is 0 Å². The first-order valence-electron chi connectivity index (χ1n) is 10.3. The number of nitrogens with zero attached hydrogens (tertiary/aromatic N) is 3. The van der Waals surface area contributed by atoms with Crippen LogP contribution >= 0.6 is 11.6 Å². The number of benzene rings is 1. The number of halogens is 2. The number of pyridine rings is 1. The van der Waals surface area contributed by atoms with E-state index < -0.39 is 6.10 Å². The van der Waals surface area contributed by atoms with Crippen LogP contribution in [0.1, 0.15) is 39.1 Å². The summed E-state index contributed by atoms with van der Waals surface area (Å²) in [5, 5.41) is 13.8. The minimum absolute atomic E-state index is 0.153. The van der Waals surface area contributed by atoms with Crippen LogP contribution in [0.2, 0.25) is 5.02 Å². The highest BCUT2D eigenvalue weighted by Gasteiger charge is 2.24. The van der Waals surface area contributed by atoms with Gasteiger partial charge in [-0.3, -0.25) is 0 Å². The summed E-state index contributed by atoms with van der Waals surface area (Å²) < 4.78 is 22.3. The lowest BCUT2D eigenvalue weighted by Crippen LogP contribution is -2.42. The Hall–Kier alpha value is -2.22. The Morgan fingerprint density at radius 2 is 2.17 bits per heavy atom. The van der Waals surface area contributed by atoms with E-state index in [0.717, 1.165) is 17.8 Å². The smallest absolute Gasteiger partial charge is 0.151 e. The van der Waals surface area contributed by atoms with Crippen molar-refractivity contribution in [1.29, 1.82) is 0 Å². The molecule has 0 bridgehead atoms. The first-order valence-corrected chi connectivity index (χ1v) is 10.7. The zero-order chi connectivity index (χ0) is 21.4. The SMILES string of the molecule is CCc1nc2c(F)cc(-c3cc(N[C@@H]4CCOC[C@H]4O)ncc3Cl)cc2n1C(C)C. The number of aliphatic hydroxyl groups is 1. The minimum Gasteiger partial charge on any atom is -0.389 e. The highest BCUT2D eigenvalue weighted by atomic mass is 35.5. The van der Waals surface area contributed by atoms with Gasteiger partial charge in [-0.1, -0.05) is 18.5 Å². The summed E-state index contributed by atoms with van der Waals surface area (Å²) in [6.45, 7) is 7.01. The molecule has 0 unspecified atom stereocenters. The molecule has 2 atom stereocenters. The first kappa shape index (κ1) is 21.0. The molecule has 2 N–H and O–H groups in total. The lowest BCUT2D eigenvalue weighted by atomic mass is 10.0. The molecule has 0 amide bonds. The molecule has 1 saturated heterocycles. The van der Waals surface area contributed by atoms with Crippen LogP contribution in [0.15, 0.2) is 24.4 Å². The van der Waals surface area contributed by atoms with E-state index in [1.807, 2.05) is 13.0 Å². The molecule has 4 rings (SSSR count). The third kappa shape index (κ3) is 3.89. The van der Waals surface area contributed by atoms with Crippen LogP contribution in [-0.4, -0.2) is 45.0 Å². The summed E-state index contributed by atoms with van der Waals surface area (Å²) in [7, 11) is 0. The Bertz CT molecular complexity index is 1070. The highest BCUT2D eigenvalue weighted by Crippen LogP contribution is 2.34. The fourth-order valence-corrected chi connectivity index (χ4v) is 4.21. The summed E-state index contributed by atoms with van der Waals surface area (Å²) in [5.74, 6) is 1.05. The van der Waals surface area contributed by atoms with Crippen molar-refractivity contribution in [1.82, 2.24) is 14.5 Å². The summed E-state index contributed by atoms with van der Waals surface area (Å²) in [6.07, 6.45) is 2.33. The molecule has 1 aliphatic heterocycles. The van der Waals surface area contributed by atoms with Gasteiger partial charge in [-0.15, -0.1) is 0 Å². The number of hydrogen-bond acceptors (Lipinski definition) is 5. The van der Waals surface area contributed by atoms with E-state index in [0.29, 0.717) is 47.1 Å². The van der Waals surface area contributed by atoms with Gasteiger partial charge >= 0.3 is 0 Å². The third-order valence-electron chi connectivity index (χ3n) is 5.48. The van der Waals surface area contributed by atoms with E-state index >= 15 is 0 Å². The van der Waals surface area contributed by atoms with E-state index in [4.69, 9.17) is 16.3 Å². The Kier molecular flexibility index (Phi) is 5.95. The van der Waals surface area contributed by atoms with Crippen LogP contribution in [0.3, 0.4) is 0 Å². The number of nitrogens with one attached hydrogen (secondary N) is 1. The molecule has 3 heterocycles. The standard InChI is InChI=1S/C22H26ClFN4O2/c1-4-21-27-22-16(24)7-13(8-18(22)28(21)12(2)3)14-9-20(25-10-15(14)23)26-17-5-6-30-11-19(17)29/h7-10,12,17,19,29H,4-6,11H2,1-3H3,(H,25,26)/t17-,19-/m1/s1. The van der Waals surface area contributed by atoms with E-state index in [2.05, 4.69) is 33.7 Å². The van der Waals surface area contributed by atoms with E-state index in [1.54, 1.807) is 12.3 Å². The molecule has 1 aliphatic rings. The monoisotopic (exact) mass is 432 g/mol. The number of aromatic nitrogens is 3. The Labute approximate surface area is 180 Å². The van der Waals surface area contributed by atoms with Crippen molar-refractivity contribution < 1.29 is 14.2 Å². The van der Waals surface area contributed by atoms with Crippen molar-refractivity contribution in [2.45, 2.75) is 51.8 Å². The molecule has 0 spiro atoms. The summed E-state index contributed by atoms with van der Waals surface area (Å²) in [5.41, 5.74) is 2.45. The molecule has 1 aromatic carbocycles. The second kappa shape index (κ2) is 8.49. The second-order valence-electron chi connectivity index (χ2n) is 7.90. The molecular weight excluding hydrogens is 407 g/mol. The quantitative estimate of drug-likeness (QED) is 0.616. The number of rotatable bonds is 5. The maximum absolute atomic E-state index is 15.0. The lowest BCUT2D eigenvalue weighted by molar-refractivity contribution is -0.0135. The predicted octanol–water partition coefficient (Wildman–Crippen LogP) is 4.60. The fourth-order valence-electron chi connectivity index (χ4n) is 4.00. The van der Waals surface area contributed by atoms with Gasteiger partial charge < -0.3 is 19.7 Å². The van der Waals surface area contributed by atoms with Gasteiger partial charge in [0.25, 0.3) is 0 Å². The van der Waals surface area contributed by atoms with Gasteiger partial charge in [0.05, 0.1) is 29.3 Å². The molecule has 2 aromatic heterocycles. The van der Waals surface area contributed by atoms with Crippen molar-refractivity contribution in [3.05, 3.63) is 41.1 Å². The fraction of sp³-hybridized carbons (Fsp3) is 0.455. The van der Waals surface area contributed by atoms with E-state index in [9.17, 15) is 9.50 Å². The van der Waals surface area contributed by atoms with Crippen molar-refractivity contribution in [2.75, 3.05) is 18.5 Å². The highest BCUT2D eigenvalue weighted by molar-refractivity contribution is 6.33. The average Bonchev–Trinajstić information content (AvgIpc) is 3.10. The average molecular weight is 433 g/mol. The normalized spacial score (nSPS) is 19.6. The Morgan fingerprint density at radius 1 is 1.37 bits per heavy atom. The number of anilines is 1. The summed E-state index contributed by atoms with van der Waals surface area (Å²) >= 11 is 6.44. The topological polar surface area (TPSA) is 72.2 Å². The molecule has 3 aromatic rings. The number of aliphatic hydroxyl groups excluding tert-OH is 1. The number of imidazole rings is 1. The molecule has 0 aliphatic carbocycles. The minimum atomic E-state index is -0.610. The van der Waals surface area contributed by atoms with Crippen LogP contribution < -0.4 is 5.32 Å². The largest absolute Gasteiger partial charge is 0.389 e. The van der Waals surface area contributed by atoms with Crippen LogP contribution in [0.25, 0.3) is 22.2 Å². The predicted molar refractivity (Wildman–Crippen MR) is 117 cm³/mol. The molecule has 6 nitrogen and oxygen atoms in total. The Morgan fingerprint density at radius 3 is 2.87 bits per heavy atom. The van der Waals surface area contributed by atoms with Crippen LogP contribution in [0.5, 0.6) is 0 Å². The van der Waals surface area contributed by atoms with Crippen LogP contribution in [0.4, 0.5) is 10.2 Å². The third-order valence-corrected chi connectivity index (χ3v) is 5.78. The van der Waals surface area contributed by atoms with E-state index in [1.165, 1.54) is 6.07 Å². The second-order valence-corrected chi connectivity index (χ2v) is 8.31. The number of fused-ring (bicyclic) bond motifs is 1. The number of ether oxygens (including phenoxy) is 1. The van der Waals surface area contributed by atoms with Gasteiger partial charge in [0, 0.05) is 30.8 Å². The molecule has 30 heavy (non-hydrogen) atoms. The first-order chi connectivity index (χ1) is 14.4. The van der Waals surface area contributed by atoms with Gasteiger partial charge in [-0.25, -0.2) is 14.4 Å². The zero-order valence-electron chi connectivity index (χ0n) is 17.3. The molecule has 0 radical (unpaired) electrons. The van der Waals surface area contributed by atoms with Gasteiger partial charge in [0.2, 0.25) is 0 Å². The van der Waals surface area contributed by atoms with Crippen molar-refractivity contribution >= 4 is 28.5 Å². The van der Waals surface area contributed by atoms with Crippen molar-refractivity contribution in [3.63, 3.8) is 0 Å². The van der Waals surface area contributed by atoms with Crippen molar-refractivity contribution in [3.8, 4) is 11.1 Å². The van der Waals surface area contributed by atoms with Crippen LogP contribution in [-0.2, 0) is 11.2 Å². The van der Waals surface area contributed by atoms with Gasteiger partial charge in [0.15, 0.2) is 5.82 Å². The van der Waals surface area contributed by atoms with E-state index in [-0.39, 0.29) is 17.9 Å². The lowest BCUT2D eigenvalue weighted by Gasteiger charge is -2.29. The van der Waals surface area contributed by atoms with Gasteiger partial charge in [0.1, 0.15) is 17.2 Å². The molecule has 0 saturated carbocycles. The molecule has 160 valence electrons. The van der Waals surface area contributed by atoms with Crippen molar-refractivity contribution in [2.24, 2.45) is 0 Å². The van der Waals surface area contributed by atoms with Crippen LogP contribution in [0, 0.1) is 5.82 Å². The number of aryl methyl sites for hydroxylation is 1. The number of hydrogen-bond donors (Lipinski definition) is 2. The maximum atomic E-state index is 15.0. The molecule has 1 fully saturated rings. The molecule has 8 heteroatoms. The summed E-state index contributed by atoms with van der Waals surface area (Å²) in [6, 6.07) is 5.18. The zero-order valence-corrected chi connectivity index (χ0v) is 18.1. The summed E-state index contributed by atoms with van der Waals surface area (Å²) in [4.78, 5) is 8.84. The molecular formula is C22H26ClFN4O2.